The minimum absolute atomic E-state index is 0.252. The molecule has 1 aromatic carbocycles. The van der Waals surface area contributed by atoms with E-state index in [4.69, 9.17) is 0 Å². The Morgan fingerprint density at radius 1 is 1.19 bits per heavy atom. The number of rotatable bonds is 1. The zero-order valence-corrected chi connectivity index (χ0v) is 9.60. The molecular weight excluding hydrogens is 198 g/mol. The van der Waals surface area contributed by atoms with Gasteiger partial charge in [0.25, 0.3) is 0 Å². The first-order valence-corrected chi connectivity index (χ1v) is 6.11. The quantitative estimate of drug-likeness (QED) is 0.704. The highest BCUT2D eigenvalue weighted by Crippen LogP contribution is 2.39. The number of carbonyl (C=O) groups excluding carboxylic acids is 1. The number of fused-ring (bicyclic) bond motifs is 1. The van der Waals surface area contributed by atoms with Crippen molar-refractivity contribution >= 4 is 5.91 Å². The van der Waals surface area contributed by atoms with Crippen LogP contribution < -0.4 is 0 Å². The van der Waals surface area contributed by atoms with Crippen molar-refractivity contribution < 1.29 is 4.79 Å². The van der Waals surface area contributed by atoms with Crippen LogP contribution in [-0.2, 0) is 4.79 Å². The summed E-state index contributed by atoms with van der Waals surface area (Å²) in [6.45, 7) is 2.98. The fourth-order valence-corrected chi connectivity index (χ4v) is 3.17. The van der Waals surface area contributed by atoms with Crippen molar-refractivity contribution in [2.24, 2.45) is 5.92 Å². The van der Waals surface area contributed by atoms with Crippen LogP contribution in [0.2, 0.25) is 0 Å². The summed E-state index contributed by atoms with van der Waals surface area (Å²) in [7, 11) is 0. The molecule has 0 unspecified atom stereocenters. The lowest BCUT2D eigenvalue weighted by Gasteiger charge is -2.15. The van der Waals surface area contributed by atoms with Gasteiger partial charge < -0.3 is 4.90 Å². The molecule has 2 nitrogen and oxygen atoms in total. The molecule has 1 amide bonds. The summed E-state index contributed by atoms with van der Waals surface area (Å²) in [6.07, 6.45) is 2.21. The third-order valence-corrected chi connectivity index (χ3v) is 4.02. The Hall–Kier alpha value is -1.31. The number of hydrogen-bond acceptors (Lipinski definition) is 1. The second-order valence-electron chi connectivity index (χ2n) is 5.12. The second kappa shape index (κ2) is 3.62. The van der Waals surface area contributed by atoms with E-state index in [9.17, 15) is 4.79 Å². The van der Waals surface area contributed by atoms with E-state index < -0.39 is 0 Å². The fraction of sp³-hybridized carbons (Fsp3) is 0.500. The van der Waals surface area contributed by atoms with Gasteiger partial charge in [0, 0.05) is 24.4 Å². The van der Waals surface area contributed by atoms with E-state index in [0.717, 1.165) is 19.4 Å². The molecule has 0 aliphatic carbocycles. The summed E-state index contributed by atoms with van der Waals surface area (Å²) < 4.78 is 0. The highest BCUT2D eigenvalue weighted by molar-refractivity contribution is 5.81. The lowest BCUT2D eigenvalue weighted by molar-refractivity contribution is -0.130. The molecule has 2 fully saturated rings. The van der Waals surface area contributed by atoms with E-state index in [1.165, 1.54) is 5.56 Å². The summed E-state index contributed by atoms with van der Waals surface area (Å²) in [5.41, 5.74) is 1.39. The third kappa shape index (κ3) is 1.44. The Kier molecular flexibility index (Phi) is 2.23. The Bertz CT molecular complexity index is 400. The number of carbonyl (C=O) groups is 1. The zero-order chi connectivity index (χ0) is 11.1. The molecule has 0 spiro atoms. The van der Waals surface area contributed by atoms with E-state index in [1.807, 2.05) is 6.07 Å². The Morgan fingerprint density at radius 3 is 2.62 bits per heavy atom. The minimum atomic E-state index is 0.252. The van der Waals surface area contributed by atoms with Gasteiger partial charge in [-0.1, -0.05) is 37.3 Å². The lowest BCUT2D eigenvalue weighted by Crippen LogP contribution is -2.28. The molecule has 2 aliphatic rings. The van der Waals surface area contributed by atoms with Gasteiger partial charge in [-0.25, -0.2) is 0 Å². The first-order valence-electron chi connectivity index (χ1n) is 6.11. The van der Waals surface area contributed by atoms with E-state index in [-0.39, 0.29) is 5.92 Å². The zero-order valence-electron chi connectivity index (χ0n) is 9.60. The minimum Gasteiger partial charge on any atom is -0.339 e. The van der Waals surface area contributed by atoms with Crippen LogP contribution in [0.15, 0.2) is 30.3 Å². The van der Waals surface area contributed by atoms with Gasteiger partial charge in [0.2, 0.25) is 5.91 Å². The molecular formula is C14H17NO. The fourth-order valence-electron chi connectivity index (χ4n) is 3.17. The van der Waals surface area contributed by atoms with Crippen molar-refractivity contribution in [2.45, 2.75) is 31.7 Å². The van der Waals surface area contributed by atoms with Gasteiger partial charge in [0.15, 0.2) is 0 Å². The summed E-state index contributed by atoms with van der Waals surface area (Å²) in [4.78, 5) is 14.0. The SMILES string of the molecule is C[C@H]1C[C@H]2C[C@@H](c3ccccc3)CN2C1=O. The van der Waals surface area contributed by atoms with Gasteiger partial charge in [0.05, 0.1) is 0 Å². The molecule has 84 valence electrons. The molecule has 0 bridgehead atoms. The number of amides is 1. The second-order valence-corrected chi connectivity index (χ2v) is 5.12. The lowest BCUT2D eigenvalue weighted by atomic mass is 9.93. The molecule has 0 saturated carbocycles. The van der Waals surface area contributed by atoms with Crippen molar-refractivity contribution in [2.75, 3.05) is 6.54 Å². The van der Waals surface area contributed by atoms with Crippen LogP contribution in [0.4, 0.5) is 0 Å². The summed E-state index contributed by atoms with van der Waals surface area (Å²) in [5, 5.41) is 0. The molecule has 0 radical (unpaired) electrons. The molecule has 2 aliphatic heterocycles. The van der Waals surface area contributed by atoms with E-state index in [2.05, 4.69) is 36.1 Å². The Morgan fingerprint density at radius 2 is 1.94 bits per heavy atom. The summed E-state index contributed by atoms with van der Waals surface area (Å²) >= 11 is 0. The number of hydrogen-bond donors (Lipinski definition) is 0. The number of nitrogens with zero attached hydrogens (tertiary/aromatic N) is 1. The summed E-state index contributed by atoms with van der Waals surface area (Å²) in [5.74, 6) is 1.17. The van der Waals surface area contributed by atoms with Crippen molar-refractivity contribution in [3.63, 3.8) is 0 Å². The Balaban J connectivity index is 1.79. The van der Waals surface area contributed by atoms with Gasteiger partial charge in [-0.15, -0.1) is 0 Å². The average molecular weight is 215 g/mol. The highest BCUT2D eigenvalue weighted by atomic mass is 16.2. The molecule has 2 heterocycles. The molecule has 3 atom stereocenters. The Labute approximate surface area is 96.3 Å². The van der Waals surface area contributed by atoms with Crippen molar-refractivity contribution in [1.82, 2.24) is 4.90 Å². The molecule has 2 heteroatoms. The first kappa shape index (κ1) is 9.88. The molecule has 2 saturated heterocycles. The maximum Gasteiger partial charge on any atom is 0.225 e. The van der Waals surface area contributed by atoms with Crippen LogP contribution in [0.25, 0.3) is 0 Å². The number of benzene rings is 1. The van der Waals surface area contributed by atoms with Gasteiger partial charge in [-0.2, -0.15) is 0 Å². The van der Waals surface area contributed by atoms with Crippen LogP contribution in [-0.4, -0.2) is 23.4 Å². The average Bonchev–Trinajstić information content (AvgIpc) is 2.82. The van der Waals surface area contributed by atoms with Gasteiger partial charge in [-0.3, -0.25) is 4.79 Å². The van der Waals surface area contributed by atoms with Gasteiger partial charge >= 0.3 is 0 Å². The third-order valence-electron chi connectivity index (χ3n) is 4.02. The molecule has 0 aromatic heterocycles. The van der Waals surface area contributed by atoms with E-state index >= 15 is 0 Å². The van der Waals surface area contributed by atoms with Crippen molar-refractivity contribution in [3.8, 4) is 0 Å². The first-order chi connectivity index (χ1) is 7.75. The van der Waals surface area contributed by atoms with Crippen LogP contribution in [0.5, 0.6) is 0 Å². The van der Waals surface area contributed by atoms with E-state index in [0.29, 0.717) is 17.9 Å². The maximum absolute atomic E-state index is 11.9. The smallest absolute Gasteiger partial charge is 0.225 e. The monoisotopic (exact) mass is 215 g/mol. The highest BCUT2D eigenvalue weighted by Gasteiger charge is 2.43. The predicted molar refractivity (Wildman–Crippen MR) is 63.1 cm³/mol. The molecule has 16 heavy (non-hydrogen) atoms. The van der Waals surface area contributed by atoms with Crippen LogP contribution in [0.1, 0.15) is 31.2 Å². The molecule has 3 rings (SSSR count). The van der Waals surface area contributed by atoms with Gasteiger partial charge in [0.1, 0.15) is 0 Å². The predicted octanol–water partition coefficient (Wildman–Crippen LogP) is 2.41. The van der Waals surface area contributed by atoms with Crippen LogP contribution in [0, 0.1) is 5.92 Å². The van der Waals surface area contributed by atoms with Gasteiger partial charge in [-0.05, 0) is 18.4 Å². The largest absolute Gasteiger partial charge is 0.339 e. The maximum atomic E-state index is 11.9. The topological polar surface area (TPSA) is 20.3 Å². The molecule has 0 N–H and O–H groups in total. The van der Waals surface area contributed by atoms with E-state index in [1.54, 1.807) is 0 Å². The van der Waals surface area contributed by atoms with Crippen molar-refractivity contribution in [1.29, 1.82) is 0 Å². The summed E-state index contributed by atoms with van der Waals surface area (Å²) in [6, 6.07) is 11.1. The van der Waals surface area contributed by atoms with Crippen molar-refractivity contribution in [3.05, 3.63) is 35.9 Å². The molecule has 1 aromatic rings. The normalized spacial score (nSPS) is 33.2. The standard InChI is InChI=1S/C14H17NO/c1-10-7-13-8-12(9-15(13)14(10)16)11-5-3-2-4-6-11/h2-6,10,12-13H,7-9H2,1H3/t10-,12+,13-/m0/s1. The van der Waals surface area contributed by atoms with Crippen LogP contribution >= 0.6 is 0 Å². The van der Waals surface area contributed by atoms with Crippen LogP contribution in [0.3, 0.4) is 0 Å².